The molecule has 7 heteroatoms. The Bertz CT molecular complexity index is 660. The molecule has 0 spiro atoms. The average Bonchev–Trinajstić information content (AvgIpc) is 3.36. The Morgan fingerprint density at radius 1 is 1.22 bits per heavy atom. The molecule has 1 aromatic rings. The summed E-state index contributed by atoms with van der Waals surface area (Å²) in [5, 5.41) is 0. The summed E-state index contributed by atoms with van der Waals surface area (Å²) >= 11 is 0. The minimum atomic E-state index is -4.37. The van der Waals surface area contributed by atoms with Crippen LogP contribution >= 0.6 is 0 Å². The Morgan fingerprint density at radius 2 is 1.93 bits per heavy atom. The number of benzene rings is 1. The second-order valence-corrected chi connectivity index (χ2v) is 7.91. The quantitative estimate of drug-likeness (QED) is 0.786. The first-order valence-corrected chi connectivity index (χ1v) is 9.64. The number of nitrogens with zero attached hydrogens (tertiary/aromatic N) is 2. The monoisotopic (exact) mass is 383 g/mol. The molecule has 1 amide bonds. The molecule has 27 heavy (non-hydrogen) atoms. The molecular formula is C20H28F3N3O. The van der Waals surface area contributed by atoms with Gasteiger partial charge < -0.3 is 10.6 Å². The molecule has 2 atom stereocenters. The fourth-order valence-corrected chi connectivity index (χ4v) is 3.95. The minimum absolute atomic E-state index is 0.0316. The van der Waals surface area contributed by atoms with E-state index >= 15 is 0 Å². The summed E-state index contributed by atoms with van der Waals surface area (Å²) in [5.74, 6) is 0.702. The molecule has 1 aliphatic heterocycles. The van der Waals surface area contributed by atoms with Gasteiger partial charge in [-0.3, -0.25) is 9.69 Å². The van der Waals surface area contributed by atoms with Gasteiger partial charge in [0.15, 0.2) is 0 Å². The van der Waals surface area contributed by atoms with E-state index < -0.39 is 11.7 Å². The number of halogens is 3. The molecule has 1 saturated heterocycles. The number of amides is 1. The third-order valence-corrected chi connectivity index (χ3v) is 5.72. The van der Waals surface area contributed by atoms with Crippen molar-refractivity contribution < 1.29 is 18.0 Å². The van der Waals surface area contributed by atoms with E-state index in [1.807, 2.05) is 0 Å². The maximum absolute atomic E-state index is 12.9. The highest BCUT2D eigenvalue weighted by molar-refractivity contribution is 5.76. The molecule has 3 rings (SSSR count). The van der Waals surface area contributed by atoms with E-state index in [0.29, 0.717) is 24.6 Å². The van der Waals surface area contributed by atoms with Crippen LogP contribution in [0.1, 0.15) is 43.2 Å². The van der Waals surface area contributed by atoms with Gasteiger partial charge in [0.05, 0.1) is 5.56 Å². The van der Waals surface area contributed by atoms with Crippen LogP contribution in [0.5, 0.6) is 0 Å². The number of hydrogen-bond acceptors (Lipinski definition) is 3. The van der Waals surface area contributed by atoms with Gasteiger partial charge in [-0.15, -0.1) is 0 Å². The number of likely N-dealkylation sites (tertiary alicyclic amines) is 1. The third-order valence-electron chi connectivity index (χ3n) is 5.72. The Labute approximate surface area is 158 Å². The van der Waals surface area contributed by atoms with Crippen molar-refractivity contribution in [1.82, 2.24) is 9.80 Å². The number of rotatable bonds is 7. The first-order valence-electron chi connectivity index (χ1n) is 9.64. The van der Waals surface area contributed by atoms with E-state index in [1.165, 1.54) is 23.8 Å². The summed E-state index contributed by atoms with van der Waals surface area (Å²) < 4.78 is 38.6. The van der Waals surface area contributed by atoms with E-state index in [4.69, 9.17) is 5.73 Å². The summed E-state index contributed by atoms with van der Waals surface area (Å²) in [6, 6.07) is 5.71. The molecule has 2 aliphatic rings. The van der Waals surface area contributed by atoms with Gasteiger partial charge in [0, 0.05) is 45.2 Å². The minimum Gasteiger partial charge on any atom is -0.341 e. The lowest BCUT2D eigenvalue weighted by atomic mass is 10.1. The summed E-state index contributed by atoms with van der Waals surface area (Å²) in [5.41, 5.74) is 5.70. The highest BCUT2D eigenvalue weighted by atomic mass is 19.4. The lowest BCUT2D eigenvalue weighted by Crippen LogP contribution is -2.43. The topological polar surface area (TPSA) is 49.6 Å². The van der Waals surface area contributed by atoms with Crippen molar-refractivity contribution in [3.63, 3.8) is 0 Å². The van der Waals surface area contributed by atoms with E-state index in [0.717, 1.165) is 37.4 Å². The summed E-state index contributed by atoms with van der Waals surface area (Å²) in [4.78, 5) is 16.6. The van der Waals surface area contributed by atoms with Gasteiger partial charge in [-0.25, -0.2) is 0 Å². The zero-order valence-electron chi connectivity index (χ0n) is 15.7. The zero-order valence-corrected chi connectivity index (χ0v) is 15.7. The van der Waals surface area contributed by atoms with Crippen LogP contribution in [0.15, 0.2) is 24.3 Å². The van der Waals surface area contributed by atoms with Crippen LogP contribution in [0.4, 0.5) is 13.2 Å². The molecule has 2 N–H and O–H groups in total. The van der Waals surface area contributed by atoms with Gasteiger partial charge in [-0.1, -0.05) is 12.1 Å². The molecule has 1 aliphatic carbocycles. The molecular weight excluding hydrogens is 355 g/mol. The van der Waals surface area contributed by atoms with Crippen LogP contribution in [-0.2, 0) is 17.5 Å². The molecule has 1 heterocycles. The third kappa shape index (κ3) is 5.23. The van der Waals surface area contributed by atoms with Gasteiger partial charge in [0.2, 0.25) is 5.91 Å². The Hall–Kier alpha value is -1.60. The van der Waals surface area contributed by atoms with Crippen molar-refractivity contribution in [2.45, 2.75) is 56.9 Å². The first kappa shape index (κ1) is 20.1. The molecule has 0 aromatic heterocycles. The number of alkyl halides is 3. The molecule has 1 saturated carbocycles. The summed E-state index contributed by atoms with van der Waals surface area (Å²) in [7, 11) is 1.66. The Morgan fingerprint density at radius 3 is 2.56 bits per heavy atom. The number of carbonyl (C=O) groups excluding carboxylic acids is 1. The molecule has 1 aromatic carbocycles. The Balaban J connectivity index is 1.58. The molecule has 150 valence electrons. The van der Waals surface area contributed by atoms with Crippen LogP contribution < -0.4 is 5.73 Å². The van der Waals surface area contributed by atoms with Crippen molar-refractivity contribution >= 4 is 5.91 Å². The lowest BCUT2D eigenvalue weighted by Gasteiger charge is -2.30. The van der Waals surface area contributed by atoms with Crippen LogP contribution in [0, 0.1) is 5.92 Å². The average molecular weight is 383 g/mol. The SMILES string of the molecule is CN(Cc1cccc(C(F)(F)F)c1)C(=O)C[C@@H]1CC[C@H](CN)N1CC1CC1. The molecule has 4 nitrogen and oxygen atoms in total. The largest absolute Gasteiger partial charge is 0.416 e. The summed E-state index contributed by atoms with van der Waals surface area (Å²) in [6.07, 6.45) is 0.506. The normalized spacial score (nSPS) is 23.6. The zero-order chi connectivity index (χ0) is 19.6. The highest BCUT2D eigenvalue weighted by Gasteiger charge is 2.37. The number of carbonyl (C=O) groups is 1. The summed E-state index contributed by atoms with van der Waals surface area (Å²) in [6.45, 7) is 1.80. The van der Waals surface area contributed by atoms with Gasteiger partial charge in [-0.05, 0) is 49.3 Å². The second-order valence-electron chi connectivity index (χ2n) is 7.91. The standard InChI is InChI=1S/C20H28F3N3O/c1-25(12-15-3-2-4-16(9-15)20(21,22)23)19(27)10-17-7-8-18(11-24)26(17)13-14-5-6-14/h2-4,9,14,17-18H,5-8,10-13,24H2,1H3/t17-,18+/m0/s1. The lowest BCUT2D eigenvalue weighted by molar-refractivity contribution is -0.137. The van der Waals surface area contributed by atoms with Gasteiger partial charge in [0.1, 0.15) is 0 Å². The van der Waals surface area contributed by atoms with Gasteiger partial charge >= 0.3 is 6.18 Å². The van der Waals surface area contributed by atoms with E-state index in [-0.39, 0.29) is 18.5 Å². The van der Waals surface area contributed by atoms with E-state index in [2.05, 4.69) is 4.90 Å². The van der Waals surface area contributed by atoms with Gasteiger partial charge in [-0.2, -0.15) is 13.2 Å². The predicted octanol–water partition coefficient (Wildman–Crippen LogP) is 3.26. The molecule has 0 bridgehead atoms. The molecule has 0 radical (unpaired) electrons. The maximum Gasteiger partial charge on any atom is 0.416 e. The fourth-order valence-electron chi connectivity index (χ4n) is 3.95. The first-order chi connectivity index (χ1) is 12.8. The van der Waals surface area contributed by atoms with Gasteiger partial charge in [0.25, 0.3) is 0 Å². The van der Waals surface area contributed by atoms with E-state index in [9.17, 15) is 18.0 Å². The van der Waals surface area contributed by atoms with Crippen LogP contribution in [-0.4, -0.2) is 47.9 Å². The molecule has 2 fully saturated rings. The van der Waals surface area contributed by atoms with Crippen LogP contribution in [0.3, 0.4) is 0 Å². The van der Waals surface area contributed by atoms with Crippen molar-refractivity contribution in [2.24, 2.45) is 11.7 Å². The Kier molecular flexibility index (Phi) is 6.11. The second kappa shape index (κ2) is 8.19. The highest BCUT2D eigenvalue weighted by Crippen LogP contribution is 2.35. The fraction of sp³-hybridized carbons (Fsp3) is 0.650. The maximum atomic E-state index is 12.9. The molecule has 0 unspecified atom stereocenters. The van der Waals surface area contributed by atoms with Crippen LogP contribution in [0.25, 0.3) is 0 Å². The van der Waals surface area contributed by atoms with Crippen molar-refractivity contribution in [1.29, 1.82) is 0 Å². The number of nitrogens with two attached hydrogens (primary N) is 1. The van der Waals surface area contributed by atoms with Crippen molar-refractivity contribution in [3.05, 3.63) is 35.4 Å². The van der Waals surface area contributed by atoms with Crippen LogP contribution in [0.2, 0.25) is 0 Å². The van der Waals surface area contributed by atoms with Crippen molar-refractivity contribution in [2.75, 3.05) is 20.1 Å². The van der Waals surface area contributed by atoms with E-state index in [1.54, 1.807) is 13.1 Å². The number of hydrogen-bond donors (Lipinski definition) is 1. The predicted molar refractivity (Wildman–Crippen MR) is 97.8 cm³/mol. The smallest absolute Gasteiger partial charge is 0.341 e. The van der Waals surface area contributed by atoms with Crippen molar-refractivity contribution in [3.8, 4) is 0 Å².